The molecule has 2 rings (SSSR count). The smallest absolute Gasteiger partial charge is 0.331 e. The number of hydrogen-bond acceptors (Lipinski definition) is 8. The van der Waals surface area contributed by atoms with Gasteiger partial charge in [-0.15, -0.1) is 0 Å². The molecule has 12 nitrogen and oxygen atoms in total. The molecular weight excluding hydrogens is 448 g/mol. The second-order valence-corrected chi connectivity index (χ2v) is 8.26. The van der Waals surface area contributed by atoms with E-state index >= 15 is 0 Å². The Bertz CT molecular complexity index is 722. The molecule has 0 atom stereocenters. The summed E-state index contributed by atoms with van der Waals surface area (Å²) in [4.78, 5) is 70.1. The highest BCUT2D eigenvalue weighted by molar-refractivity contribution is 5.98. The number of rotatable bonds is 8. The van der Waals surface area contributed by atoms with Gasteiger partial charge in [-0.25, -0.2) is 19.2 Å². The van der Waals surface area contributed by atoms with Crippen molar-refractivity contribution in [3.8, 4) is 0 Å². The highest BCUT2D eigenvalue weighted by Crippen LogP contribution is 2.17. The fraction of sp³-hybridized carbons (Fsp3) is 0.636. The van der Waals surface area contributed by atoms with Crippen molar-refractivity contribution < 1.29 is 38.2 Å². The number of nitrogens with one attached hydrogen (secondary N) is 4. The van der Waals surface area contributed by atoms with Gasteiger partial charge in [-0.1, -0.05) is 38.5 Å². The zero-order valence-electron chi connectivity index (χ0n) is 19.1. The molecular formula is C22H32N4O8. The van der Waals surface area contributed by atoms with E-state index in [1.54, 1.807) is 0 Å². The topological polar surface area (TPSA) is 169 Å². The lowest BCUT2D eigenvalue weighted by atomic mass is 9.96. The van der Waals surface area contributed by atoms with Crippen LogP contribution in [0.4, 0.5) is 9.59 Å². The molecule has 6 amide bonds. The van der Waals surface area contributed by atoms with Crippen LogP contribution in [0.1, 0.15) is 64.2 Å². The molecule has 2 aliphatic rings. The molecule has 2 saturated carbocycles. The van der Waals surface area contributed by atoms with E-state index in [9.17, 15) is 28.8 Å². The summed E-state index contributed by atoms with van der Waals surface area (Å²) in [6.07, 6.45) is 11.2. The van der Waals surface area contributed by atoms with Crippen molar-refractivity contribution in [3.63, 3.8) is 0 Å². The molecule has 0 aromatic carbocycles. The van der Waals surface area contributed by atoms with Crippen LogP contribution in [0.5, 0.6) is 0 Å². The molecule has 0 radical (unpaired) electrons. The van der Waals surface area contributed by atoms with Crippen molar-refractivity contribution in [3.05, 3.63) is 12.2 Å². The maximum atomic E-state index is 11.8. The minimum absolute atomic E-state index is 0.0198. The molecule has 4 N–H and O–H groups in total. The molecule has 0 aliphatic heterocycles. The van der Waals surface area contributed by atoms with E-state index < -0.39 is 49.0 Å². The lowest BCUT2D eigenvalue weighted by molar-refractivity contribution is -0.145. The van der Waals surface area contributed by atoms with Gasteiger partial charge in [0, 0.05) is 24.2 Å². The van der Waals surface area contributed by atoms with E-state index in [-0.39, 0.29) is 12.1 Å². The Labute approximate surface area is 197 Å². The molecule has 12 heteroatoms. The summed E-state index contributed by atoms with van der Waals surface area (Å²) in [7, 11) is 0. The summed E-state index contributed by atoms with van der Waals surface area (Å²) in [6.45, 7) is -1.43. The van der Waals surface area contributed by atoms with Gasteiger partial charge >= 0.3 is 24.0 Å². The number of carbonyl (C=O) groups excluding carboxylic acids is 6. The number of ether oxygens (including phenoxy) is 2. The number of urea groups is 2. The van der Waals surface area contributed by atoms with Gasteiger partial charge in [0.25, 0.3) is 11.8 Å². The van der Waals surface area contributed by atoms with Crippen LogP contribution >= 0.6 is 0 Å². The quantitative estimate of drug-likeness (QED) is 0.294. The summed E-state index contributed by atoms with van der Waals surface area (Å²) in [6, 6.07) is -1.27. The van der Waals surface area contributed by atoms with Crippen LogP contribution in [0.3, 0.4) is 0 Å². The van der Waals surface area contributed by atoms with Crippen molar-refractivity contribution >= 4 is 35.8 Å². The molecule has 0 saturated heterocycles. The lowest BCUT2D eigenvalue weighted by Gasteiger charge is -2.22. The van der Waals surface area contributed by atoms with Crippen LogP contribution in [0.2, 0.25) is 0 Å². The van der Waals surface area contributed by atoms with Crippen LogP contribution in [0, 0.1) is 0 Å². The van der Waals surface area contributed by atoms with Crippen LogP contribution in [0.15, 0.2) is 12.2 Å². The lowest BCUT2D eigenvalue weighted by Crippen LogP contribution is -2.46. The third-order valence-corrected chi connectivity index (χ3v) is 5.43. The zero-order chi connectivity index (χ0) is 24.8. The van der Waals surface area contributed by atoms with Gasteiger partial charge in [0.2, 0.25) is 0 Å². The maximum Gasteiger partial charge on any atom is 0.331 e. The summed E-state index contributed by atoms with van der Waals surface area (Å²) >= 11 is 0. The number of esters is 2. The van der Waals surface area contributed by atoms with Crippen LogP contribution in [-0.4, -0.2) is 61.1 Å². The molecule has 0 aromatic heterocycles. The fourth-order valence-corrected chi connectivity index (χ4v) is 3.77. The normalized spacial score (nSPS) is 16.8. The minimum atomic E-state index is -1.02. The number of imide groups is 2. The van der Waals surface area contributed by atoms with Crippen molar-refractivity contribution in [1.29, 1.82) is 0 Å². The Morgan fingerprint density at radius 3 is 1.29 bits per heavy atom. The zero-order valence-corrected chi connectivity index (χ0v) is 19.1. The third kappa shape index (κ3) is 11.4. The Kier molecular flexibility index (Phi) is 11.6. The second-order valence-electron chi connectivity index (χ2n) is 8.26. The Morgan fingerprint density at radius 1 is 0.588 bits per heavy atom. The first kappa shape index (κ1) is 26.8. The second kappa shape index (κ2) is 14.7. The molecule has 0 aromatic rings. The first-order valence-corrected chi connectivity index (χ1v) is 11.5. The molecule has 188 valence electrons. The average molecular weight is 481 g/mol. The Hall–Kier alpha value is -3.44. The van der Waals surface area contributed by atoms with Gasteiger partial charge in [-0.3, -0.25) is 20.2 Å². The van der Waals surface area contributed by atoms with E-state index in [1.807, 2.05) is 0 Å². The van der Waals surface area contributed by atoms with Gasteiger partial charge in [-0.05, 0) is 25.7 Å². The van der Waals surface area contributed by atoms with Gasteiger partial charge in [-0.2, -0.15) is 0 Å². The minimum Gasteiger partial charge on any atom is -0.452 e. The summed E-state index contributed by atoms with van der Waals surface area (Å²) in [5.74, 6) is -3.67. The van der Waals surface area contributed by atoms with Crippen LogP contribution in [0.25, 0.3) is 0 Å². The highest BCUT2D eigenvalue weighted by atomic mass is 16.5. The van der Waals surface area contributed by atoms with E-state index in [2.05, 4.69) is 30.7 Å². The SMILES string of the molecule is O=C(COC(=O)/C=C/C(=O)OCC(=O)NC(=O)NC1CCCCC1)NC(=O)NC1CCCCC1. The monoisotopic (exact) mass is 480 g/mol. The average Bonchev–Trinajstić information content (AvgIpc) is 2.81. The van der Waals surface area contributed by atoms with E-state index in [1.165, 1.54) is 0 Å². The molecule has 0 bridgehead atoms. The third-order valence-electron chi connectivity index (χ3n) is 5.43. The summed E-state index contributed by atoms with van der Waals surface area (Å²) in [5, 5.41) is 9.50. The molecule has 2 fully saturated rings. The highest BCUT2D eigenvalue weighted by Gasteiger charge is 2.18. The van der Waals surface area contributed by atoms with Crippen molar-refractivity contribution in [1.82, 2.24) is 21.3 Å². The Morgan fingerprint density at radius 2 is 0.941 bits per heavy atom. The molecule has 34 heavy (non-hydrogen) atoms. The van der Waals surface area contributed by atoms with Gasteiger partial charge in [0.15, 0.2) is 13.2 Å². The largest absolute Gasteiger partial charge is 0.452 e. The summed E-state index contributed by atoms with van der Waals surface area (Å²) < 4.78 is 9.28. The van der Waals surface area contributed by atoms with Crippen molar-refractivity contribution in [2.75, 3.05) is 13.2 Å². The number of amides is 6. The molecule has 2 aliphatic carbocycles. The fourth-order valence-electron chi connectivity index (χ4n) is 3.77. The molecule has 0 spiro atoms. The van der Waals surface area contributed by atoms with Gasteiger partial charge in [0.1, 0.15) is 0 Å². The molecule has 0 heterocycles. The number of hydrogen-bond donors (Lipinski definition) is 4. The van der Waals surface area contributed by atoms with E-state index in [0.29, 0.717) is 12.2 Å². The predicted molar refractivity (Wildman–Crippen MR) is 118 cm³/mol. The van der Waals surface area contributed by atoms with E-state index in [0.717, 1.165) is 64.2 Å². The maximum absolute atomic E-state index is 11.8. The standard InChI is InChI=1S/C22H32N4O8/c27-17(25-21(31)23-15-7-3-1-4-8-15)13-33-19(29)11-12-20(30)34-14-18(28)26-22(32)24-16-9-5-2-6-10-16/h11-12,15-16H,1-10,13-14H2,(H2,23,25,27,31)(H2,24,26,28,32)/b12-11+. The van der Waals surface area contributed by atoms with Crippen LogP contribution < -0.4 is 21.3 Å². The Balaban J connectivity index is 1.56. The summed E-state index contributed by atoms with van der Waals surface area (Å²) in [5.41, 5.74) is 0. The van der Waals surface area contributed by atoms with Crippen LogP contribution in [-0.2, 0) is 28.7 Å². The van der Waals surface area contributed by atoms with Crippen molar-refractivity contribution in [2.45, 2.75) is 76.3 Å². The van der Waals surface area contributed by atoms with Gasteiger partial charge in [0.05, 0.1) is 0 Å². The molecule has 0 unspecified atom stereocenters. The van der Waals surface area contributed by atoms with Gasteiger partial charge < -0.3 is 20.1 Å². The first-order chi connectivity index (χ1) is 16.3. The first-order valence-electron chi connectivity index (χ1n) is 11.5. The predicted octanol–water partition coefficient (Wildman–Crippen LogP) is 0.946. The van der Waals surface area contributed by atoms with E-state index in [4.69, 9.17) is 0 Å². The number of carbonyl (C=O) groups is 6. The van der Waals surface area contributed by atoms with Crippen molar-refractivity contribution in [2.24, 2.45) is 0 Å².